The number of fused-ring (bicyclic) bond motifs is 1. The molecule has 0 spiro atoms. The van der Waals surface area contributed by atoms with E-state index in [0.29, 0.717) is 11.9 Å². The summed E-state index contributed by atoms with van der Waals surface area (Å²) in [5, 5.41) is 7.30. The minimum atomic E-state index is -4.53. The Morgan fingerprint density at radius 3 is 2.56 bits per heavy atom. The first-order chi connectivity index (χ1) is 12.7. The Kier molecular flexibility index (Phi) is 4.80. The summed E-state index contributed by atoms with van der Waals surface area (Å²) in [5.41, 5.74) is -0.362. The van der Waals surface area contributed by atoms with E-state index in [0.717, 1.165) is 12.1 Å². The second-order valence-corrected chi connectivity index (χ2v) is 5.74. The van der Waals surface area contributed by atoms with Gasteiger partial charge in [0.1, 0.15) is 11.9 Å². The van der Waals surface area contributed by atoms with Gasteiger partial charge in [0.05, 0.1) is 23.2 Å². The minimum Gasteiger partial charge on any atom is -0.340 e. The van der Waals surface area contributed by atoms with Gasteiger partial charge >= 0.3 is 6.18 Å². The van der Waals surface area contributed by atoms with Gasteiger partial charge in [-0.1, -0.05) is 12.1 Å². The lowest BCUT2D eigenvalue weighted by Gasteiger charge is -2.14. The van der Waals surface area contributed by atoms with Crippen LogP contribution in [0.25, 0.3) is 0 Å². The van der Waals surface area contributed by atoms with E-state index < -0.39 is 41.9 Å². The number of rotatable bonds is 3. The summed E-state index contributed by atoms with van der Waals surface area (Å²) in [6.07, 6.45) is -4.35. The molecule has 3 amide bonds. The van der Waals surface area contributed by atoms with Crippen LogP contribution in [0, 0.1) is 0 Å². The summed E-state index contributed by atoms with van der Waals surface area (Å²) in [6.45, 7) is 0. The Hall–Kier alpha value is -3.43. The van der Waals surface area contributed by atoms with Gasteiger partial charge in [-0.25, -0.2) is 4.98 Å². The van der Waals surface area contributed by atoms with E-state index in [1.807, 2.05) is 0 Å². The van der Waals surface area contributed by atoms with E-state index in [1.54, 1.807) is 18.2 Å². The zero-order chi connectivity index (χ0) is 19.6. The SMILES string of the molecule is O=C(CC1NC(=O)c2ccccc2NC1=O)Nc1ccc(C(F)(F)F)cn1. The number of hydrogen-bond acceptors (Lipinski definition) is 4. The van der Waals surface area contributed by atoms with Crippen LogP contribution in [0.1, 0.15) is 22.3 Å². The Bertz CT molecular complexity index is 897. The van der Waals surface area contributed by atoms with Crippen molar-refractivity contribution in [1.29, 1.82) is 0 Å². The van der Waals surface area contributed by atoms with E-state index in [9.17, 15) is 27.6 Å². The molecular formula is C17H13F3N4O3. The van der Waals surface area contributed by atoms with Crippen LogP contribution in [0.3, 0.4) is 0 Å². The zero-order valence-corrected chi connectivity index (χ0v) is 13.6. The smallest absolute Gasteiger partial charge is 0.340 e. The van der Waals surface area contributed by atoms with E-state index in [1.165, 1.54) is 6.07 Å². The van der Waals surface area contributed by atoms with Crippen LogP contribution in [0.5, 0.6) is 0 Å². The Morgan fingerprint density at radius 1 is 1.15 bits per heavy atom. The van der Waals surface area contributed by atoms with Gasteiger partial charge in [-0.05, 0) is 24.3 Å². The molecule has 2 aromatic rings. The number of alkyl halides is 3. The minimum absolute atomic E-state index is 0.100. The maximum absolute atomic E-state index is 12.5. The molecule has 1 aliphatic rings. The molecule has 0 bridgehead atoms. The summed E-state index contributed by atoms with van der Waals surface area (Å²) in [7, 11) is 0. The number of hydrogen-bond donors (Lipinski definition) is 3. The fourth-order valence-corrected chi connectivity index (χ4v) is 2.47. The molecule has 1 unspecified atom stereocenters. The van der Waals surface area contributed by atoms with Crippen molar-refractivity contribution in [2.45, 2.75) is 18.6 Å². The highest BCUT2D eigenvalue weighted by Gasteiger charge is 2.31. The fourth-order valence-electron chi connectivity index (χ4n) is 2.47. The molecule has 27 heavy (non-hydrogen) atoms. The Balaban J connectivity index is 1.66. The van der Waals surface area contributed by atoms with Crippen LogP contribution < -0.4 is 16.0 Å². The van der Waals surface area contributed by atoms with E-state index in [2.05, 4.69) is 20.9 Å². The highest BCUT2D eigenvalue weighted by Crippen LogP contribution is 2.28. The number of anilines is 2. The van der Waals surface area contributed by atoms with Gasteiger partial charge in [0.2, 0.25) is 11.8 Å². The number of pyridine rings is 1. The normalized spacial score (nSPS) is 16.6. The first kappa shape index (κ1) is 18.4. The van der Waals surface area contributed by atoms with Gasteiger partial charge in [0.15, 0.2) is 0 Å². The molecule has 3 N–H and O–H groups in total. The van der Waals surface area contributed by atoms with E-state index >= 15 is 0 Å². The van der Waals surface area contributed by atoms with Crippen LogP contribution in [0.2, 0.25) is 0 Å². The van der Waals surface area contributed by atoms with Crippen LogP contribution in [0.15, 0.2) is 42.6 Å². The van der Waals surface area contributed by atoms with Gasteiger partial charge in [0, 0.05) is 6.20 Å². The van der Waals surface area contributed by atoms with Gasteiger partial charge in [-0.3, -0.25) is 14.4 Å². The van der Waals surface area contributed by atoms with Gasteiger partial charge in [-0.15, -0.1) is 0 Å². The average Bonchev–Trinajstić information content (AvgIpc) is 2.71. The number of nitrogens with one attached hydrogen (secondary N) is 3. The molecule has 0 saturated heterocycles. The summed E-state index contributed by atoms with van der Waals surface area (Å²) in [5.74, 6) is -1.89. The van der Waals surface area contributed by atoms with Crippen molar-refractivity contribution in [2.75, 3.05) is 10.6 Å². The molecule has 0 fully saturated rings. The molecule has 1 aromatic carbocycles. The molecule has 2 heterocycles. The number of nitrogens with zero attached hydrogens (tertiary/aromatic N) is 1. The lowest BCUT2D eigenvalue weighted by atomic mass is 10.1. The third-order valence-corrected chi connectivity index (χ3v) is 3.80. The van der Waals surface area contributed by atoms with Crippen LogP contribution in [-0.4, -0.2) is 28.7 Å². The lowest BCUT2D eigenvalue weighted by molar-refractivity contribution is -0.137. The number of carbonyl (C=O) groups excluding carboxylic acids is 3. The van der Waals surface area contributed by atoms with Gasteiger partial charge in [-0.2, -0.15) is 13.2 Å². The molecule has 0 radical (unpaired) electrons. The summed E-state index contributed by atoms with van der Waals surface area (Å²) < 4.78 is 37.5. The number of aromatic nitrogens is 1. The average molecular weight is 378 g/mol. The summed E-state index contributed by atoms with van der Waals surface area (Å²) in [6, 6.07) is 7.01. The van der Waals surface area contributed by atoms with Gasteiger partial charge in [0.25, 0.3) is 5.91 Å². The molecule has 0 saturated carbocycles. The molecule has 140 valence electrons. The van der Waals surface area contributed by atoms with E-state index in [4.69, 9.17) is 0 Å². The van der Waals surface area contributed by atoms with Crippen molar-refractivity contribution >= 4 is 29.2 Å². The molecule has 3 rings (SSSR count). The fraction of sp³-hybridized carbons (Fsp3) is 0.176. The molecule has 1 aromatic heterocycles. The highest BCUT2D eigenvalue weighted by atomic mass is 19.4. The van der Waals surface area contributed by atoms with Crippen molar-refractivity contribution in [3.63, 3.8) is 0 Å². The van der Waals surface area contributed by atoms with Crippen LogP contribution in [-0.2, 0) is 15.8 Å². The zero-order valence-electron chi connectivity index (χ0n) is 13.6. The maximum Gasteiger partial charge on any atom is 0.417 e. The van der Waals surface area contributed by atoms with Crippen molar-refractivity contribution in [1.82, 2.24) is 10.3 Å². The van der Waals surface area contributed by atoms with Crippen LogP contribution >= 0.6 is 0 Å². The maximum atomic E-state index is 12.5. The van der Waals surface area contributed by atoms with Crippen molar-refractivity contribution in [3.05, 3.63) is 53.7 Å². The Morgan fingerprint density at radius 2 is 1.89 bits per heavy atom. The lowest BCUT2D eigenvalue weighted by Crippen LogP contribution is -2.43. The van der Waals surface area contributed by atoms with Gasteiger partial charge < -0.3 is 16.0 Å². The topological polar surface area (TPSA) is 100 Å². The van der Waals surface area contributed by atoms with Crippen molar-refractivity contribution in [3.8, 4) is 0 Å². The number of para-hydroxylation sites is 1. The molecule has 0 aliphatic carbocycles. The first-order valence-corrected chi connectivity index (χ1v) is 7.78. The molecule has 1 aliphatic heterocycles. The Labute approximate surface area is 151 Å². The second-order valence-electron chi connectivity index (χ2n) is 5.74. The predicted molar refractivity (Wildman–Crippen MR) is 88.8 cm³/mol. The summed E-state index contributed by atoms with van der Waals surface area (Å²) in [4.78, 5) is 40.0. The third-order valence-electron chi connectivity index (χ3n) is 3.80. The van der Waals surface area contributed by atoms with Crippen molar-refractivity contribution in [2.24, 2.45) is 0 Å². The first-order valence-electron chi connectivity index (χ1n) is 7.78. The van der Waals surface area contributed by atoms with Crippen LogP contribution in [0.4, 0.5) is 24.7 Å². The molecule has 7 nitrogen and oxygen atoms in total. The largest absolute Gasteiger partial charge is 0.417 e. The molecule has 1 atom stereocenters. The number of benzene rings is 1. The summed E-state index contributed by atoms with van der Waals surface area (Å²) >= 11 is 0. The van der Waals surface area contributed by atoms with E-state index in [-0.39, 0.29) is 11.4 Å². The number of halogens is 3. The second kappa shape index (κ2) is 7.06. The molecular weight excluding hydrogens is 365 g/mol. The monoisotopic (exact) mass is 378 g/mol. The highest BCUT2D eigenvalue weighted by molar-refractivity contribution is 6.11. The standard InChI is InChI=1S/C17H13F3N4O3/c18-17(19,20)9-5-6-13(21-8-9)24-14(25)7-12-16(27)22-11-4-2-1-3-10(11)15(26)23-12/h1-6,8,12H,7H2,(H,22,27)(H,23,26)(H,21,24,25). The quantitative estimate of drug-likeness (QED) is 0.762. The predicted octanol–water partition coefficient (Wildman–Crippen LogP) is 2.18. The third kappa shape index (κ3) is 4.22. The van der Waals surface area contributed by atoms with Crippen molar-refractivity contribution < 1.29 is 27.6 Å². The molecule has 10 heteroatoms. The number of carbonyl (C=O) groups is 3. The number of amides is 3.